The second kappa shape index (κ2) is 12.2. The Labute approximate surface area is 180 Å². The number of likely N-dealkylation sites (tertiary alicyclic amines) is 1. The van der Waals surface area contributed by atoms with E-state index in [1.165, 1.54) is 0 Å². The molecule has 0 aromatic rings. The zero-order valence-electron chi connectivity index (χ0n) is 17.7. The van der Waals surface area contributed by atoms with Gasteiger partial charge in [0, 0.05) is 13.0 Å². The molecule has 0 aromatic heterocycles. The van der Waals surface area contributed by atoms with Gasteiger partial charge >= 0.3 is 11.9 Å². The highest BCUT2D eigenvalue weighted by Gasteiger charge is 2.38. The third-order valence-electron chi connectivity index (χ3n) is 5.42. The molecule has 7 N–H and O–H groups in total. The smallest absolute Gasteiger partial charge is 0.326 e. The van der Waals surface area contributed by atoms with E-state index in [0.717, 1.165) is 4.90 Å². The van der Waals surface area contributed by atoms with Gasteiger partial charge in [0.2, 0.25) is 17.7 Å². The van der Waals surface area contributed by atoms with Crippen LogP contribution in [0.25, 0.3) is 0 Å². The molecule has 12 heteroatoms. The van der Waals surface area contributed by atoms with Crippen LogP contribution in [0.5, 0.6) is 0 Å². The molecule has 0 spiro atoms. The quantitative estimate of drug-likeness (QED) is 0.202. The summed E-state index contributed by atoms with van der Waals surface area (Å²) in [5.41, 5.74) is 5.69. The van der Waals surface area contributed by atoms with Crippen molar-refractivity contribution in [3.8, 4) is 0 Å². The van der Waals surface area contributed by atoms with E-state index in [1.54, 1.807) is 13.8 Å². The Morgan fingerprint density at radius 2 is 1.77 bits per heavy atom. The minimum absolute atomic E-state index is 0.112. The van der Waals surface area contributed by atoms with Gasteiger partial charge in [-0.3, -0.25) is 19.2 Å². The zero-order chi connectivity index (χ0) is 23.7. The molecule has 1 fully saturated rings. The highest BCUT2D eigenvalue weighted by atomic mass is 16.4. The summed E-state index contributed by atoms with van der Waals surface area (Å²) in [6.07, 6.45) is 0.852. The van der Waals surface area contributed by atoms with E-state index in [4.69, 9.17) is 10.8 Å². The number of aliphatic hydroxyl groups excluding tert-OH is 1. The molecule has 0 saturated carbocycles. The second-order valence-electron chi connectivity index (χ2n) is 7.68. The number of carbonyl (C=O) groups excluding carboxylic acids is 3. The van der Waals surface area contributed by atoms with Crippen molar-refractivity contribution in [3.63, 3.8) is 0 Å². The van der Waals surface area contributed by atoms with Gasteiger partial charge in [0.25, 0.3) is 0 Å². The second-order valence-corrected chi connectivity index (χ2v) is 7.68. The Morgan fingerprint density at radius 1 is 1.13 bits per heavy atom. The zero-order valence-corrected chi connectivity index (χ0v) is 17.7. The molecule has 0 aromatic carbocycles. The molecule has 1 aliphatic heterocycles. The van der Waals surface area contributed by atoms with E-state index in [0.29, 0.717) is 12.8 Å². The van der Waals surface area contributed by atoms with Gasteiger partial charge < -0.3 is 36.6 Å². The fourth-order valence-corrected chi connectivity index (χ4v) is 3.31. The van der Waals surface area contributed by atoms with Crippen LogP contribution in [0.2, 0.25) is 0 Å². The van der Waals surface area contributed by atoms with E-state index in [-0.39, 0.29) is 31.7 Å². The Balaban J connectivity index is 2.87. The normalized spacial score (nSPS) is 19.7. The lowest BCUT2D eigenvalue weighted by molar-refractivity contribution is -0.150. The van der Waals surface area contributed by atoms with Crippen LogP contribution in [0, 0.1) is 5.92 Å². The first-order valence-corrected chi connectivity index (χ1v) is 10.3. The number of carbonyl (C=O) groups is 5. The van der Waals surface area contributed by atoms with Crippen molar-refractivity contribution in [3.05, 3.63) is 0 Å². The maximum Gasteiger partial charge on any atom is 0.326 e. The number of nitrogens with one attached hydrogen (secondary N) is 2. The Hall–Kier alpha value is -2.73. The van der Waals surface area contributed by atoms with Crippen molar-refractivity contribution >= 4 is 29.7 Å². The number of aliphatic carboxylic acids is 2. The van der Waals surface area contributed by atoms with Gasteiger partial charge in [0.05, 0.1) is 12.6 Å². The molecule has 1 heterocycles. The maximum absolute atomic E-state index is 12.8. The van der Waals surface area contributed by atoms with E-state index in [2.05, 4.69) is 10.6 Å². The SMILES string of the molecule is CCC(C)C(NC(=O)C(N)CCC(=O)O)C(=O)NC(CO)C(=O)N1CCCC1C(=O)O. The van der Waals surface area contributed by atoms with Crippen LogP contribution in [0.1, 0.15) is 46.0 Å². The third-order valence-corrected chi connectivity index (χ3v) is 5.42. The average Bonchev–Trinajstić information content (AvgIpc) is 3.22. The summed E-state index contributed by atoms with van der Waals surface area (Å²) in [5, 5.41) is 32.5. The molecule has 1 saturated heterocycles. The molecule has 3 amide bonds. The van der Waals surface area contributed by atoms with Crippen molar-refractivity contribution in [1.29, 1.82) is 0 Å². The van der Waals surface area contributed by atoms with Crippen LogP contribution in [0.15, 0.2) is 0 Å². The topological polar surface area (TPSA) is 199 Å². The number of hydrogen-bond acceptors (Lipinski definition) is 7. The summed E-state index contributed by atoms with van der Waals surface area (Å²) in [6, 6.07) is -4.59. The van der Waals surface area contributed by atoms with Gasteiger partial charge in [0.1, 0.15) is 18.1 Å². The van der Waals surface area contributed by atoms with Crippen molar-refractivity contribution in [2.45, 2.75) is 70.1 Å². The molecule has 5 unspecified atom stereocenters. The molecule has 0 aliphatic carbocycles. The maximum atomic E-state index is 12.8. The van der Waals surface area contributed by atoms with Crippen molar-refractivity contribution in [2.75, 3.05) is 13.2 Å². The van der Waals surface area contributed by atoms with Gasteiger partial charge in [-0.05, 0) is 25.2 Å². The first-order valence-electron chi connectivity index (χ1n) is 10.3. The predicted molar refractivity (Wildman–Crippen MR) is 108 cm³/mol. The number of carboxylic acids is 2. The van der Waals surface area contributed by atoms with Crippen LogP contribution >= 0.6 is 0 Å². The molecule has 1 rings (SSSR count). The lowest BCUT2D eigenvalue weighted by atomic mass is 9.97. The number of aliphatic hydroxyl groups is 1. The molecular formula is C19H32N4O8. The van der Waals surface area contributed by atoms with E-state index in [9.17, 15) is 34.2 Å². The standard InChI is InChI=1S/C19H32N4O8/c1-3-10(2)15(22-16(27)11(20)6-7-14(25)26)17(28)21-12(9-24)18(29)23-8-4-5-13(23)19(30)31/h10-13,15,24H,3-9,20H2,1-2H3,(H,21,28)(H,22,27)(H,25,26)(H,30,31). The fourth-order valence-electron chi connectivity index (χ4n) is 3.31. The molecule has 0 radical (unpaired) electrons. The monoisotopic (exact) mass is 444 g/mol. The van der Waals surface area contributed by atoms with Crippen molar-refractivity contribution in [2.24, 2.45) is 11.7 Å². The molecule has 12 nitrogen and oxygen atoms in total. The highest BCUT2D eigenvalue weighted by molar-refractivity contribution is 5.94. The number of amides is 3. The van der Waals surface area contributed by atoms with Crippen LogP contribution in [-0.4, -0.2) is 87.2 Å². The van der Waals surface area contributed by atoms with Crippen LogP contribution in [0.3, 0.4) is 0 Å². The number of rotatable bonds is 12. The van der Waals surface area contributed by atoms with Crippen LogP contribution < -0.4 is 16.4 Å². The molecule has 0 bridgehead atoms. The summed E-state index contributed by atoms with van der Waals surface area (Å²) in [7, 11) is 0. The number of carboxylic acid groups (broad SMARTS) is 2. The number of nitrogens with two attached hydrogens (primary N) is 1. The third kappa shape index (κ3) is 7.47. The molecule has 31 heavy (non-hydrogen) atoms. The summed E-state index contributed by atoms with van der Waals surface area (Å²) in [4.78, 5) is 60.9. The van der Waals surface area contributed by atoms with Crippen LogP contribution in [-0.2, 0) is 24.0 Å². The summed E-state index contributed by atoms with van der Waals surface area (Å²) < 4.78 is 0. The lowest BCUT2D eigenvalue weighted by Gasteiger charge is -2.29. The Morgan fingerprint density at radius 3 is 2.29 bits per heavy atom. The van der Waals surface area contributed by atoms with Gasteiger partial charge in [-0.1, -0.05) is 20.3 Å². The van der Waals surface area contributed by atoms with Gasteiger partial charge in [-0.25, -0.2) is 4.79 Å². The highest BCUT2D eigenvalue weighted by Crippen LogP contribution is 2.19. The Bertz CT molecular complexity index is 686. The van der Waals surface area contributed by atoms with Gasteiger partial charge in [-0.15, -0.1) is 0 Å². The van der Waals surface area contributed by atoms with Crippen molar-refractivity contribution < 1.29 is 39.3 Å². The lowest BCUT2D eigenvalue weighted by Crippen LogP contribution is -2.59. The molecule has 176 valence electrons. The number of hydrogen-bond donors (Lipinski definition) is 6. The van der Waals surface area contributed by atoms with E-state index in [1.807, 2.05) is 0 Å². The summed E-state index contributed by atoms with van der Waals surface area (Å²) >= 11 is 0. The minimum atomic E-state index is -1.36. The first-order chi connectivity index (χ1) is 14.5. The van der Waals surface area contributed by atoms with Gasteiger partial charge in [0.15, 0.2) is 0 Å². The fraction of sp³-hybridized carbons (Fsp3) is 0.737. The van der Waals surface area contributed by atoms with Crippen LogP contribution in [0.4, 0.5) is 0 Å². The summed E-state index contributed by atoms with van der Waals surface area (Å²) in [5.74, 6) is -4.78. The molecule has 1 aliphatic rings. The van der Waals surface area contributed by atoms with E-state index >= 15 is 0 Å². The number of nitrogens with zero attached hydrogens (tertiary/aromatic N) is 1. The first kappa shape index (κ1) is 26.3. The van der Waals surface area contributed by atoms with E-state index < -0.39 is 60.4 Å². The molecule has 5 atom stereocenters. The largest absolute Gasteiger partial charge is 0.481 e. The minimum Gasteiger partial charge on any atom is -0.481 e. The summed E-state index contributed by atoms with van der Waals surface area (Å²) in [6.45, 7) is 2.95. The predicted octanol–water partition coefficient (Wildman–Crippen LogP) is -1.74. The van der Waals surface area contributed by atoms with Gasteiger partial charge in [-0.2, -0.15) is 0 Å². The van der Waals surface area contributed by atoms with Crippen molar-refractivity contribution in [1.82, 2.24) is 15.5 Å². The Kier molecular flexibility index (Phi) is 10.4. The average molecular weight is 444 g/mol. The molecular weight excluding hydrogens is 412 g/mol.